The van der Waals surface area contributed by atoms with Crippen molar-refractivity contribution in [3.8, 4) is 0 Å². The van der Waals surface area contributed by atoms with E-state index in [1.807, 2.05) is 6.08 Å². The molecule has 0 saturated heterocycles. The highest BCUT2D eigenvalue weighted by Gasteiger charge is 2.24. The van der Waals surface area contributed by atoms with E-state index >= 15 is 0 Å². The van der Waals surface area contributed by atoms with E-state index in [4.69, 9.17) is 5.11 Å². The van der Waals surface area contributed by atoms with E-state index in [2.05, 4.69) is 0 Å². The Bertz CT molecular complexity index is 285. The van der Waals surface area contributed by atoms with Crippen LogP contribution >= 0.6 is 0 Å². The molecule has 0 spiro atoms. The molecule has 1 saturated carbocycles. The van der Waals surface area contributed by atoms with Gasteiger partial charge in [-0.05, 0) is 19.3 Å². The molecule has 20 heavy (non-hydrogen) atoms. The summed E-state index contributed by atoms with van der Waals surface area (Å²) in [4.78, 5) is 10.5. The van der Waals surface area contributed by atoms with Gasteiger partial charge in [-0.2, -0.15) is 0 Å². The van der Waals surface area contributed by atoms with Gasteiger partial charge in [-0.25, -0.2) is 0 Å². The number of aliphatic hydroxyl groups is 1. The van der Waals surface area contributed by atoms with Crippen molar-refractivity contribution in [3.63, 3.8) is 0 Å². The minimum absolute atomic E-state index is 0.0517. The molecule has 3 heteroatoms. The van der Waals surface area contributed by atoms with Crippen molar-refractivity contribution in [1.82, 2.24) is 0 Å². The van der Waals surface area contributed by atoms with Crippen molar-refractivity contribution in [2.75, 3.05) is 0 Å². The molecule has 1 fully saturated rings. The molecule has 3 nitrogen and oxygen atoms in total. The number of hydrogen-bond donors (Lipinski definition) is 2. The second-order valence-electron chi connectivity index (χ2n) is 6.18. The number of rotatable bonds is 4. The average molecular weight is 282 g/mol. The molecule has 1 aliphatic rings. The lowest BCUT2D eigenvalue weighted by Gasteiger charge is -2.27. The topological polar surface area (TPSA) is 57.5 Å². The summed E-state index contributed by atoms with van der Waals surface area (Å²) in [5.74, 6) is -0.813. The highest BCUT2D eigenvalue weighted by Crippen LogP contribution is 2.28. The van der Waals surface area contributed by atoms with Gasteiger partial charge in [-0.1, -0.05) is 69.9 Å². The van der Waals surface area contributed by atoms with Crippen molar-refractivity contribution in [3.05, 3.63) is 12.2 Å². The maximum Gasteiger partial charge on any atom is 0.307 e. The maximum absolute atomic E-state index is 10.7. The van der Waals surface area contributed by atoms with Crippen molar-refractivity contribution >= 4 is 5.97 Å². The molecule has 0 unspecified atom stereocenters. The molecule has 0 aromatic carbocycles. The Labute approximate surface area is 123 Å². The standard InChI is InChI=1S/C17H30O3/c18-16(19)12-8-11-15-17(20)13-9-6-4-2-1-3-5-7-10-14-17/h8,11,20H,1-7,9-10,12-15H2,(H,18,19)/b11-8+. The second kappa shape index (κ2) is 9.98. The highest BCUT2D eigenvalue weighted by atomic mass is 16.4. The molecule has 0 heterocycles. The Morgan fingerprint density at radius 3 is 1.75 bits per heavy atom. The molecular weight excluding hydrogens is 252 g/mol. The van der Waals surface area contributed by atoms with Crippen LogP contribution in [0.2, 0.25) is 0 Å². The lowest BCUT2D eigenvalue weighted by atomic mass is 9.86. The van der Waals surface area contributed by atoms with Gasteiger partial charge in [-0.3, -0.25) is 4.79 Å². The Balaban J connectivity index is 2.42. The summed E-state index contributed by atoms with van der Waals surface area (Å²) in [5, 5.41) is 19.3. The molecule has 0 atom stereocenters. The average Bonchev–Trinajstić information content (AvgIpc) is 2.39. The molecule has 0 radical (unpaired) electrons. The predicted molar refractivity (Wildman–Crippen MR) is 81.7 cm³/mol. The molecule has 0 aromatic rings. The largest absolute Gasteiger partial charge is 0.481 e. The van der Waals surface area contributed by atoms with Gasteiger partial charge in [0.1, 0.15) is 0 Å². The second-order valence-corrected chi connectivity index (χ2v) is 6.18. The van der Waals surface area contributed by atoms with E-state index in [1.54, 1.807) is 6.08 Å². The number of carbonyl (C=O) groups is 1. The summed E-state index contributed by atoms with van der Waals surface area (Å²) < 4.78 is 0. The number of carboxylic acids is 1. The first kappa shape index (κ1) is 17.2. The van der Waals surface area contributed by atoms with Gasteiger partial charge >= 0.3 is 5.97 Å². The Morgan fingerprint density at radius 1 is 0.850 bits per heavy atom. The monoisotopic (exact) mass is 282 g/mol. The molecule has 1 aliphatic carbocycles. The van der Waals surface area contributed by atoms with Crippen LogP contribution in [0, 0.1) is 0 Å². The van der Waals surface area contributed by atoms with Crippen molar-refractivity contribution in [1.29, 1.82) is 0 Å². The quantitative estimate of drug-likeness (QED) is 0.749. The molecule has 0 bridgehead atoms. The highest BCUT2D eigenvalue weighted by molar-refractivity contribution is 5.68. The Kier molecular flexibility index (Phi) is 8.59. The van der Waals surface area contributed by atoms with E-state index in [9.17, 15) is 9.90 Å². The molecule has 0 aromatic heterocycles. The maximum atomic E-state index is 10.7. The lowest BCUT2D eigenvalue weighted by molar-refractivity contribution is -0.136. The van der Waals surface area contributed by atoms with Gasteiger partial charge in [0, 0.05) is 0 Å². The SMILES string of the molecule is O=C(O)C/C=C/CC1(O)CCCCCCCCCCC1. The minimum Gasteiger partial charge on any atom is -0.481 e. The zero-order valence-corrected chi connectivity index (χ0v) is 12.6. The van der Waals surface area contributed by atoms with Crippen LogP contribution in [-0.2, 0) is 4.79 Å². The van der Waals surface area contributed by atoms with Crippen LogP contribution in [0.3, 0.4) is 0 Å². The van der Waals surface area contributed by atoms with E-state index in [-0.39, 0.29) is 6.42 Å². The van der Waals surface area contributed by atoms with Crippen LogP contribution < -0.4 is 0 Å². The molecule has 0 aliphatic heterocycles. The molecule has 0 amide bonds. The van der Waals surface area contributed by atoms with Crippen LogP contribution in [0.15, 0.2) is 12.2 Å². The summed E-state index contributed by atoms with van der Waals surface area (Å²) in [6.45, 7) is 0. The van der Waals surface area contributed by atoms with Crippen molar-refractivity contribution < 1.29 is 15.0 Å². The Morgan fingerprint density at radius 2 is 1.30 bits per heavy atom. The molecule has 2 N–H and O–H groups in total. The third-order valence-corrected chi connectivity index (χ3v) is 4.24. The van der Waals surface area contributed by atoms with Crippen LogP contribution in [0.1, 0.15) is 83.5 Å². The van der Waals surface area contributed by atoms with Gasteiger partial charge in [-0.15, -0.1) is 0 Å². The smallest absolute Gasteiger partial charge is 0.307 e. The van der Waals surface area contributed by atoms with E-state index in [1.165, 1.54) is 44.9 Å². The fraction of sp³-hybridized carbons (Fsp3) is 0.824. The Hall–Kier alpha value is -0.830. The summed E-state index contributed by atoms with van der Waals surface area (Å²) in [5.41, 5.74) is -0.617. The molecule has 1 rings (SSSR count). The first-order chi connectivity index (χ1) is 9.62. The minimum atomic E-state index is -0.813. The van der Waals surface area contributed by atoms with Crippen LogP contribution in [0.5, 0.6) is 0 Å². The van der Waals surface area contributed by atoms with Gasteiger partial charge in [0.25, 0.3) is 0 Å². The molecule has 116 valence electrons. The summed E-state index contributed by atoms with van der Waals surface area (Å²) >= 11 is 0. The number of aliphatic carboxylic acids is 1. The van der Waals surface area contributed by atoms with E-state index < -0.39 is 11.6 Å². The van der Waals surface area contributed by atoms with Crippen LogP contribution in [0.25, 0.3) is 0 Å². The number of carboxylic acid groups (broad SMARTS) is 1. The van der Waals surface area contributed by atoms with Gasteiger partial charge in [0.2, 0.25) is 0 Å². The third-order valence-electron chi connectivity index (χ3n) is 4.24. The number of hydrogen-bond acceptors (Lipinski definition) is 2. The normalized spacial score (nSPS) is 22.1. The van der Waals surface area contributed by atoms with Gasteiger partial charge in [0.05, 0.1) is 12.0 Å². The lowest BCUT2D eigenvalue weighted by Crippen LogP contribution is -2.28. The third kappa shape index (κ3) is 8.36. The zero-order valence-electron chi connectivity index (χ0n) is 12.6. The fourth-order valence-electron chi connectivity index (χ4n) is 2.96. The van der Waals surface area contributed by atoms with Crippen LogP contribution in [-0.4, -0.2) is 21.8 Å². The van der Waals surface area contributed by atoms with Crippen molar-refractivity contribution in [2.45, 2.75) is 89.1 Å². The summed E-state index contributed by atoms with van der Waals surface area (Å²) in [6, 6.07) is 0. The molecular formula is C17H30O3. The van der Waals surface area contributed by atoms with Gasteiger partial charge in [0.15, 0.2) is 0 Å². The first-order valence-electron chi connectivity index (χ1n) is 8.22. The summed E-state index contributed by atoms with van der Waals surface area (Å²) in [7, 11) is 0. The van der Waals surface area contributed by atoms with Crippen molar-refractivity contribution in [2.24, 2.45) is 0 Å². The fourth-order valence-corrected chi connectivity index (χ4v) is 2.96. The first-order valence-corrected chi connectivity index (χ1v) is 8.22. The van der Waals surface area contributed by atoms with Crippen LogP contribution in [0.4, 0.5) is 0 Å². The van der Waals surface area contributed by atoms with Gasteiger partial charge < -0.3 is 10.2 Å². The predicted octanol–water partition coefficient (Wildman–Crippen LogP) is 4.44. The van der Waals surface area contributed by atoms with E-state index in [0.29, 0.717) is 6.42 Å². The zero-order chi connectivity index (χ0) is 14.7. The summed E-state index contributed by atoms with van der Waals surface area (Å²) in [6.07, 6.45) is 17.0. The van der Waals surface area contributed by atoms with E-state index in [0.717, 1.165) is 25.7 Å².